The molecule has 0 saturated carbocycles. The lowest BCUT2D eigenvalue weighted by Crippen LogP contribution is -2.10. The number of pyridine rings is 1. The fourth-order valence-corrected chi connectivity index (χ4v) is 2.41. The van der Waals surface area contributed by atoms with Gasteiger partial charge in [0.15, 0.2) is 0 Å². The first-order valence-corrected chi connectivity index (χ1v) is 7.73. The van der Waals surface area contributed by atoms with Gasteiger partial charge in [0.2, 0.25) is 0 Å². The van der Waals surface area contributed by atoms with Crippen LogP contribution in [-0.4, -0.2) is 18.2 Å². The second kappa shape index (κ2) is 7.01. The molecule has 0 amide bonds. The Bertz CT molecular complexity index is 878. The topological polar surface area (TPSA) is 31.4 Å². The van der Waals surface area contributed by atoms with Crippen molar-refractivity contribution in [1.29, 1.82) is 0 Å². The van der Waals surface area contributed by atoms with Crippen LogP contribution in [0, 0.1) is 6.92 Å². The number of benzene rings is 2. The quantitative estimate of drug-likeness (QED) is 0.607. The molecule has 1 heterocycles. The molecule has 25 heavy (non-hydrogen) atoms. The summed E-state index contributed by atoms with van der Waals surface area (Å²) in [5, 5.41) is 0.960. The molecule has 3 aromatic rings. The zero-order valence-electron chi connectivity index (χ0n) is 13.5. The van der Waals surface area contributed by atoms with Crippen LogP contribution in [0.2, 0.25) is 0 Å². The van der Waals surface area contributed by atoms with E-state index >= 15 is 0 Å². The third-order valence-corrected chi connectivity index (χ3v) is 3.59. The maximum Gasteiger partial charge on any atom is 0.416 e. The van der Waals surface area contributed by atoms with Crippen molar-refractivity contribution in [3.8, 4) is 11.5 Å². The van der Waals surface area contributed by atoms with Crippen LogP contribution in [-0.2, 0) is 6.18 Å². The molecule has 2 aromatic carbocycles. The molecule has 3 nitrogen and oxygen atoms in total. The summed E-state index contributed by atoms with van der Waals surface area (Å²) in [6.45, 7) is 2.22. The minimum atomic E-state index is -4.39. The van der Waals surface area contributed by atoms with Gasteiger partial charge in [-0.15, -0.1) is 0 Å². The SMILES string of the molecule is Cc1ccc2cccc(OCCOc3cccc(C(F)(F)F)c3)c2n1. The van der Waals surface area contributed by atoms with Gasteiger partial charge in [0, 0.05) is 11.1 Å². The maximum absolute atomic E-state index is 12.7. The largest absolute Gasteiger partial charge is 0.490 e. The molecular formula is C19H16F3NO2. The van der Waals surface area contributed by atoms with Crippen molar-refractivity contribution in [3.63, 3.8) is 0 Å². The number of aryl methyl sites for hydroxylation is 1. The van der Waals surface area contributed by atoms with Crippen LogP contribution in [0.5, 0.6) is 11.5 Å². The lowest BCUT2D eigenvalue weighted by atomic mass is 10.2. The van der Waals surface area contributed by atoms with Gasteiger partial charge in [-0.3, -0.25) is 0 Å². The predicted octanol–water partition coefficient (Wildman–Crippen LogP) is 5.02. The minimum Gasteiger partial charge on any atom is -0.490 e. The molecule has 0 bridgehead atoms. The first-order chi connectivity index (χ1) is 11.9. The molecule has 0 N–H and O–H groups in total. The summed E-state index contributed by atoms with van der Waals surface area (Å²) in [6, 6.07) is 14.3. The number of halogens is 3. The molecule has 0 aliphatic rings. The molecule has 0 saturated heterocycles. The van der Waals surface area contributed by atoms with E-state index < -0.39 is 11.7 Å². The smallest absolute Gasteiger partial charge is 0.416 e. The number of alkyl halides is 3. The standard InChI is InChI=1S/C19H16F3NO2/c1-13-8-9-14-4-2-7-17(18(14)23-13)25-11-10-24-16-6-3-5-15(12-16)19(20,21)22/h2-9,12H,10-11H2,1H3. The average Bonchev–Trinajstić information content (AvgIpc) is 2.58. The van der Waals surface area contributed by atoms with Crippen LogP contribution >= 0.6 is 0 Å². The number of nitrogens with zero attached hydrogens (tertiary/aromatic N) is 1. The molecule has 3 rings (SSSR count). The highest BCUT2D eigenvalue weighted by Crippen LogP contribution is 2.31. The monoisotopic (exact) mass is 347 g/mol. The molecule has 0 aliphatic carbocycles. The lowest BCUT2D eigenvalue weighted by Gasteiger charge is -2.12. The molecule has 0 atom stereocenters. The van der Waals surface area contributed by atoms with Crippen molar-refractivity contribution >= 4 is 10.9 Å². The van der Waals surface area contributed by atoms with Crippen molar-refractivity contribution in [2.75, 3.05) is 13.2 Å². The highest BCUT2D eigenvalue weighted by atomic mass is 19.4. The summed E-state index contributed by atoms with van der Waals surface area (Å²) in [7, 11) is 0. The van der Waals surface area contributed by atoms with Gasteiger partial charge in [0.25, 0.3) is 0 Å². The molecule has 1 aromatic heterocycles. The number of rotatable bonds is 5. The second-order valence-electron chi connectivity index (χ2n) is 5.50. The Morgan fingerprint density at radius 2 is 1.68 bits per heavy atom. The van der Waals surface area contributed by atoms with E-state index in [4.69, 9.17) is 9.47 Å². The van der Waals surface area contributed by atoms with E-state index in [0.29, 0.717) is 5.75 Å². The van der Waals surface area contributed by atoms with Crippen molar-refractivity contribution in [3.05, 3.63) is 65.9 Å². The molecular weight excluding hydrogens is 331 g/mol. The summed E-state index contributed by atoms with van der Waals surface area (Å²) >= 11 is 0. The molecule has 0 radical (unpaired) electrons. The maximum atomic E-state index is 12.7. The number of aromatic nitrogens is 1. The Balaban J connectivity index is 1.62. The normalized spacial score (nSPS) is 11.5. The fraction of sp³-hybridized carbons (Fsp3) is 0.211. The highest BCUT2D eigenvalue weighted by Gasteiger charge is 2.30. The van der Waals surface area contributed by atoms with Crippen LogP contribution in [0.3, 0.4) is 0 Å². The molecule has 6 heteroatoms. The van der Waals surface area contributed by atoms with E-state index in [1.165, 1.54) is 12.1 Å². The van der Waals surface area contributed by atoms with Crippen LogP contribution in [0.4, 0.5) is 13.2 Å². The molecule has 0 aliphatic heterocycles. The molecule has 0 unspecified atom stereocenters. The Morgan fingerprint density at radius 1 is 0.920 bits per heavy atom. The van der Waals surface area contributed by atoms with E-state index in [1.54, 1.807) is 6.07 Å². The van der Waals surface area contributed by atoms with Gasteiger partial charge in [-0.1, -0.05) is 24.3 Å². The third kappa shape index (κ3) is 4.21. The fourth-order valence-electron chi connectivity index (χ4n) is 2.41. The summed E-state index contributed by atoms with van der Waals surface area (Å²) < 4.78 is 49.1. The summed E-state index contributed by atoms with van der Waals surface area (Å²) in [5.41, 5.74) is 0.894. The predicted molar refractivity (Wildman–Crippen MR) is 88.9 cm³/mol. The van der Waals surface area contributed by atoms with Crippen molar-refractivity contribution < 1.29 is 22.6 Å². The van der Waals surface area contributed by atoms with Gasteiger partial charge >= 0.3 is 6.18 Å². The van der Waals surface area contributed by atoms with Crippen LogP contribution in [0.15, 0.2) is 54.6 Å². The number of hydrogen-bond acceptors (Lipinski definition) is 3. The van der Waals surface area contributed by atoms with E-state index in [1.807, 2.05) is 31.2 Å². The highest BCUT2D eigenvalue weighted by molar-refractivity contribution is 5.84. The van der Waals surface area contributed by atoms with Gasteiger partial charge in [-0.25, -0.2) is 4.98 Å². The van der Waals surface area contributed by atoms with E-state index in [-0.39, 0.29) is 19.0 Å². The first-order valence-electron chi connectivity index (χ1n) is 7.73. The number of fused-ring (bicyclic) bond motifs is 1. The third-order valence-electron chi connectivity index (χ3n) is 3.59. The van der Waals surface area contributed by atoms with E-state index in [9.17, 15) is 13.2 Å². The molecule has 0 fully saturated rings. The van der Waals surface area contributed by atoms with Crippen molar-refractivity contribution in [1.82, 2.24) is 4.98 Å². The zero-order chi connectivity index (χ0) is 17.9. The Hall–Kier alpha value is -2.76. The summed E-state index contributed by atoms with van der Waals surface area (Å²) in [4.78, 5) is 4.46. The molecule has 0 spiro atoms. The van der Waals surface area contributed by atoms with Crippen molar-refractivity contribution in [2.45, 2.75) is 13.1 Å². The summed E-state index contributed by atoms with van der Waals surface area (Å²) in [5.74, 6) is 0.777. The van der Waals surface area contributed by atoms with Gasteiger partial charge in [0.05, 0.1) is 5.56 Å². The minimum absolute atomic E-state index is 0.128. The van der Waals surface area contributed by atoms with Crippen LogP contribution in [0.25, 0.3) is 10.9 Å². The van der Waals surface area contributed by atoms with Gasteiger partial charge in [0.1, 0.15) is 30.2 Å². The van der Waals surface area contributed by atoms with Gasteiger partial charge in [-0.2, -0.15) is 13.2 Å². The number of ether oxygens (including phenoxy) is 2. The van der Waals surface area contributed by atoms with Crippen LogP contribution < -0.4 is 9.47 Å². The lowest BCUT2D eigenvalue weighted by molar-refractivity contribution is -0.137. The van der Waals surface area contributed by atoms with Crippen LogP contribution in [0.1, 0.15) is 11.3 Å². The molecule has 130 valence electrons. The number of hydrogen-bond donors (Lipinski definition) is 0. The zero-order valence-corrected chi connectivity index (χ0v) is 13.5. The van der Waals surface area contributed by atoms with Gasteiger partial charge < -0.3 is 9.47 Å². The number of para-hydroxylation sites is 1. The average molecular weight is 347 g/mol. The van der Waals surface area contributed by atoms with E-state index in [2.05, 4.69) is 4.98 Å². The Morgan fingerprint density at radius 3 is 2.48 bits per heavy atom. The Kier molecular flexibility index (Phi) is 4.79. The second-order valence-corrected chi connectivity index (χ2v) is 5.50. The first kappa shape index (κ1) is 17.1. The van der Waals surface area contributed by atoms with Crippen molar-refractivity contribution in [2.24, 2.45) is 0 Å². The Labute approximate surface area is 143 Å². The van der Waals surface area contributed by atoms with E-state index in [0.717, 1.165) is 28.7 Å². The van der Waals surface area contributed by atoms with Gasteiger partial charge in [-0.05, 0) is 37.3 Å². The summed E-state index contributed by atoms with van der Waals surface area (Å²) in [6.07, 6.45) is -4.39.